The van der Waals surface area contributed by atoms with Gasteiger partial charge in [-0.25, -0.2) is 0 Å². The molecule has 0 saturated carbocycles. The van der Waals surface area contributed by atoms with Crippen LogP contribution in [0, 0.1) is 13.8 Å². The molecule has 2 aromatic carbocycles. The number of anilines is 1. The van der Waals surface area contributed by atoms with E-state index >= 15 is 0 Å². The van der Waals surface area contributed by atoms with Gasteiger partial charge in [-0.1, -0.05) is 29.5 Å². The van der Waals surface area contributed by atoms with Crippen LogP contribution in [0.3, 0.4) is 0 Å². The lowest BCUT2D eigenvalue weighted by Gasteiger charge is -2.13. The van der Waals surface area contributed by atoms with Crippen LogP contribution in [0.5, 0.6) is 11.5 Å². The van der Waals surface area contributed by atoms with Crippen molar-refractivity contribution >= 4 is 38.9 Å². The molecule has 0 spiro atoms. The number of amides is 1. The van der Waals surface area contributed by atoms with Crippen molar-refractivity contribution in [3.8, 4) is 22.6 Å². The second-order valence-corrected chi connectivity index (χ2v) is 8.43. The summed E-state index contributed by atoms with van der Waals surface area (Å²) in [6.07, 6.45) is 3.25. The minimum absolute atomic E-state index is 0.282. The van der Waals surface area contributed by atoms with Crippen molar-refractivity contribution in [1.29, 1.82) is 0 Å². The number of benzene rings is 2. The zero-order chi connectivity index (χ0) is 22.8. The van der Waals surface area contributed by atoms with Crippen LogP contribution in [-0.4, -0.2) is 30.3 Å². The summed E-state index contributed by atoms with van der Waals surface area (Å²) in [4.78, 5) is 12.6. The van der Waals surface area contributed by atoms with Gasteiger partial charge in [-0.15, -0.1) is 10.2 Å². The number of methoxy groups -OCH3 is 2. The van der Waals surface area contributed by atoms with Crippen LogP contribution in [0.1, 0.15) is 23.1 Å². The van der Waals surface area contributed by atoms with E-state index in [0.29, 0.717) is 10.9 Å². The molecule has 8 heteroatoms. The number of fused-ring (bicyclic) bond motifs is 1. The van der Waals surface area contributed by atoms with E-state index in [1.807, 2.05) is 51.1 Å². The van der Waals surface area contributed by atoms with Gasteiger partial charge in [-0.3, -0.25) is 10.1 Å². The van der Waals surface area contributed by atoms with Crippen molar-refractivity contribution in [2.24, 2.45) is 0 Å². The Bertz CT molecular complexity index is 1340. The van der Waals surface area contributed by atoms with E-state index in [1.54, 1.807) is 20.5 Å². The third-order valence-electron chi connectivity index (χ3n) is 5.17. The molecule has 2 heterocycles. The maximum atomic E-state index is 12.6. The fourth-order valence-electron chi connectivity index (χ4n) is 3.71. The molecule has 0 bridgehead atoms. The molecule has 0 fully saturated rings. The number of nitrogens with zero attached hydrogens (tertiary/aromatic N) is 2. The Labute approximate surface area is 189 Å². The smallest absolute Gasteiger partial charge is 0.250 e. The zero-order valence-electron chi connectivity index (χ0n) is 18.5. The number of carbonyl (C=O) groups is 1. The van der Waals surface area contributed by atoms with Gasteiger partial charge < -0.3 is 13.9 Å². The van der Waals surface area contributed by atoms with Gasteiger partial charge in [0.15, 0.2) is 0 Å². The molecule has 1 N–H and O–H groups in total. The highest BCUT2D eigenvalue weighted by Gasteiger charge is 2.20. The molecule has 0 aliphatic carbocycles. The Morgan fingerprint density at radius 2 is 1.91 bits per heavy atom. The highest BCUT2D eigenvalue weighted by Crippen LogP contribution is 2.42. The van der Waals surface area contributed by atoms with E-state index in [1.165, 1.54) is 17.4 Å². The largest absolute Gasteiger partial charge is 0.496 e. The highest BCUT2D eigenvalue weighted by atomic mass is 32.1. The maximum Gasteiger partial charge on any atom is 0.250 e. The van der Waals surface area contributed by atoms with E-state index in [4.69, 9.17) is 13.9 Å². The summed E-state index contributed by atoms with van der Waals surface area (Å²) in [5, 5.41) is 12.8. The van der Waals surface area contributed by atoms with Crippen LogP contribution in [0.4, 0.5) is 5.13 Å². The third kappa shape index (κ3) is 3.97. The standard InChI is InChI=1S/C24H23N3O4S/c1-13(10-21(28)25-24-27-26-15(3)32-24)17-11-18-19(16-8-6-7-9-20(16)29-4)12-31-23(18)14(2)22(17)30-5/h6-12H,1-5H3,(H,25,27,28)/b13-10+. The lowest BCUT2D eigenvalue weighted by Crippen LogP contribution is -2.08. The van der Waals surface area contributed by atoms with Crippen LogP contribution in [0.25, 0.3) is 27.7 Å². The molecule has 4 rings (SSSR count). The molecular weight excluding hydrogens is 426 g/mol. The Morgan fingerprint density at radius 1 is 1.12 bits per heavy atom. The number of furan rings is 1. The number of aryl methyl sites for hydroxylation is 2. The first-order valence-corrected chi connectivity index (χ1v) is 10.8. The Hall–Kier alpha value is -3.65. The number of nitrogens with one attached hydrogen (secondary N) is 1. The number of allylic oxidation sites excluding steroid dienone is 1. The molecule has 0 aliphatic heterocycles. The number of hydrogen-bond acceptors (Lipinski definition) is 7. The summed E-state index contributed by atoms with van der Waals surface area (Å²) in [6, 6.07) is 9.77. The van der Waals surface area contributed by atoms with Gasteiger partial charge in [-0.2, -0.15) is 0 Å². The maximum absolute atomic E-state index is 12.6. The number of rotatable bonds is 6. The van der Waals surface area contributed by atoms with Crippen molar-refractivity contribution in [3.05, 3.63) is 58.8 Å². The monoisotopic (exact) mass is 449 g/mol. The van der Waals surface area contributed by atoms with Gasteiger partial charge in [-0.05, 0) is 38.5 Å². The molecule has 1 amide bonds. The number of ether oxygens (including phenoxy) is 2. The molecular formula is C24H23N3O4S. The summed E-state index contributed by atoms with van der Waals surface area (Å²) < 4.78 is 17.2. The van der Waals surface area contributed by atoms with Crippen molar-refractivity contribution in [3.63, 3.8) is 0 Å². The van der Waals surface area contributed by atoms with Crippen molar-refractivity contribution in [2.45, 2.75) is 20.8 Å². The van der Waals surface area contributed by atoms with Crippen LogP contribution in [0.2, 0.25) is 0 Å². The quantitative estimate of drug-likeness (QED) is 0.384. The number of hydrogen-bond donors (Lipinski definition) is 1. The molecule has 164 valence electrons. The molecule has 0 radical (unpaired) electrons. The fourth-order valence-corrected chi connectivity index (χ4v) is 4.31. The third-order valence-corrected chi connectivity index (χ3v) is 5.93. The van der Waals surface area contributed by atoms with Gasteiger partial charge in [0.2, 0.25) is 11.0 Å². The number of para-hydroxylation sites is 1. The van der Waals surface area contributed by atoms with Crippen molar-refractivity contribution in [1.82, 2.24) is 10.2 Å². The fraction of sp³-hybridized carbons (Fsp3) is 0.208. The topological polar surface area (TPSA) is 86.5 Å². The van der Waals surface area contributed by atoms with E-state index < -0.39 is 0 Å². The van der Waals surface area contributed by atoms with E-state index in [2.05, 4.69) is 15.5 Å². The molecule has 0 saturated heterocycles. The van der Waals surface area contributed by atoms with Crippen LogP contribution in [0.15, 0.2) is 47.1 Å². The Morgan fingerprint density at radius 3 is 2.59 bits per heavy atom. The van der Waals surface area contributed by atoms with E-state index in [-0.39, 0.29) is 5.91 Å². The average Bonchev–Trinajstić information content (AvgIpc) is 3.39. The summed E-state index contributed by atoms with van der Waals surface area (Å²) in [7, 11) is 3.25. The van der Waals surface area contributed by atoms with Gasteiger partial charge in [0, 0.05) is 33.7 Å². The van der Waals surface area contributed by atoms with E-state index in [0.717, 1.165) is 49.6 Å². The normalized spacial score (nSPS) is 11.6. The number of aromatic nitrogens is 2. The molecule has 32 heavy (non-hydrogen) atoms. The molecule has 7 nitrogen and oxygen atoms in total. The van der Waals surface area contributed by atoms with Gasteiger partial charge in [0.25, 0.3) is 0 Å². The first kappa shape index (κ1) is 21.6. The minimum atomic E-state index is -0.282. The predicted octanol–water partition coefficient (Wildman–Crippen LogP) is 5.63. The molecule has 4 aromatic rings. The summed E-state index contributed by atoms with van der Waals surface area (Å²) in [5.74, 6) is 1.13. The molecule has 2 aromatic heterocycles. The van der Waals surface area contributed by atoms with Crippen molar-refractivity contribution < 1.29 is 18.7 Å². The minimum Gasteiger partial charge on any atom is -0.496 e. The summed E-state index contributed by atoms with van der Waals surface area (Å²) in [6.45, 7) is 5.65. The van der Waals surface area contributed by atoms with Gasteiger partial charge in [0.1, 0.15) is 22.1 Å². The lowest BCUT2D eigenvalue weighted by atomic mass is 9.96. The summed E-state index contributed by atoms with van der Waals surface area (Å²) >= 11 is 1.32. The van der Waals surface area contributed by atoms with Crippen LogP contribution < -0.4 is 14.8 Å². The summed E-state index contributed by atoms with van der Waals surface area (Å²) in [5.41, 5.74) is 4.97. The second kappa shape index (κ2) is 8.84. The Kier molecular flexibility index (Phi) is 5.96. The second-order valence-electron chi connectivity index (χ2n) is 7.25. The molecule has 0 atom stereocenters. The molecule has 0 unspecified atom stereocenters. The van der Waals surface area contributed by atoms with Crippen molar-refractivity contribution in [2.75, 3.05) is 19.5 Å². The van der Waals surface area contributed by atoms with E-state index in [9.17, 15) is 4.79 Å². The predicted molar refractivity (Wildman–Crippen MR) is 126 cm³/mol. The SMILES string of the molecule is COc1ccccc1-c1coc2c(C)c(OC)c(/C(C)=C/C(=O)Nc3nnc(C)s3)cc12. The van der Waals surface area contributed by atoms with Crippen LogP contribution >= 0.6 is 11.3 Å². The number of carbonyl (C=O) groups excluding carboxylic acids is 1. The zero-order valence-corrected chi connectivity index (χ0v) is 19.3. The first-order chi connectivity index (χ1) is 15.4. The lowest BCUT2D eigenvalue weighted by molar-refractivity contribution is -0.111. The average molecular weight is 450 g/mol. The molecule has 0 aliphatic rings. The first-order valence-electron chi connectivity index (χ1n) is 9.94. The Balaban J connectivity index is 1.80. The van der Waals surface area contributed by atoms with Crippen LogP contribution in [-0.2, 0) is 4.79 Å². The van der Waals surface area contributed by atoms with Gasteiger partial charge >= 0.3 is 0 Å². The highest BCUT2D eigenvalue weighted by molar-refractivity contribution is 7.15. The van der Waals surface area contributed by atoms with Gasteiger partial charge in [0.05, 0.1) is 20.5 Å².